The number of rotatable bonds is 7. The Labute approximate surface area is 176 Å². The van der Waals surface area contributed by atoms with Crippen molar-refractivity contribution in [3.05, 3.63) is 41.5 Å². The highest BCUT2D eigenvalue weighted by Crippen LogP contribution is 2.46. The van der Waals surface area contributed by atoms with Crippen molar-refractivity contribution in [3.63, 3.8) is 0 Å². The van der Waals surface area contributed by atoms with Gasteiger partial charge in [0, 0.05) is 17.7 Å². The van der Waals surface area contributed by atoms with Gasteiger partial charge in [-0.25, -0.2) is 4.79 Å². The molecule has 0 atom stereocenters. The first kappa shape index (κ1) is 21.5. The van der Waals surface area contributed by atoms with Gasteiger partial charge in [-0.15, -0.1) is 0 Å². The van der Waals surface area contributed by atoms with Gasteiger partial charge in [0.1, 0.15) is 0 Å². The maximum atomic E-state index is 12.6. The summed E-state index contributed by atoms with van der Waals surface area (Å²) in [5.41, 5.74) is 1.82. The zero-order chi connectivity index (χ0) is 22.1. The number of fused-ring (bicyclic) bond motifs is 1. The Balaban J connectivity index is 2.11. The van der Waals surface area contributed by atoms with Crippen LogP contribution in [0.5, 0.6) is 17.2 Å². The second kappa shape index (κ2) is 8.26. The average molecular weight is 413 g/mol. The molecule has 2 aromatic carbocycles. The first-order valence-corrected chi connectivity index (χ1v) is 9.74. The molecule has 7 nitrogen and oxygen atoms in total. The van der Waals surface area contributed by atoms with E-state index in [1.165, 1.54) is 14.2 Å². The van der Waals surface area contributed by atoms with Crippen molar-refractivity contribution in [2.45, 2.75) is 45.9 Å². The summed E-state index contributed by atoms with van der Waals surface area (Å²) < 4.78 is 22.5. The Bertz CT molecular complexity index is 980. The molecule has 1 N–H and O–H groups in total. The molecule has 0 saturated carbocycles. The van der Waals surface area contributed by atoms with Gasteiger partial charge >= 0.3 is 5.97 Å². The maximum absolute atomic E-state index is 12.6. The van der Waals surface area contributed by atoms with E-state index in [0.29, 0.717) is 34.9 Å². The number of ether oxygens (including phenoxy) is 4. The molecule has 0 unspecified atom stereocenters. The number of hydrogen-bond acceptors (Lipinski definition) is 6. The van der Waals surface area contributed by atoms with Crippen LogP contribution in [0.4, 0.5) is 0 Å². The van der Waals surface area contributed by atoms with Gasteiger partial charge < -0.3 is 24.3 Å². The lowest BCUT2D eigenvalue weighted by molar-refractivity contribution is -0.163. The highest BCUT2D eigenvalue weighted by atomic mass is 16.6. The predicted molar refractivity (Wildman–Crippen MR) is 112 cm³/mol. The van der Waals surface area contributed by atoms with Crippen molar-refractivity contribution in [2.75, 3.05) is 14.2 Å². The molecule has 0 fully saturated rings. The van der Waals surface area contributed by atoms with E-state index < -0.39 is 11.6 Å². The molecule has 30 heavy (non-hydrogen) atoms. The van der Waals surface area contributed by atoms with Crippen LogP contribution < -0.4 is 19.5 Å². The van der Waals surface area contributed by atoms with Crippen LogP contribution in [0.1, 0.15) is 43.6 Å². The van der Waals surface area contributed by atoms with E-state index in [4.69, 9.17) is 18.9 Å². The van der Waals surface area contributed by atoms with E-state index in [-0.39, 0.29) is 12.0 Å². The predicted octanol–water partition coefficient (Wildman–Crippen LogP) is 3.72. The average Bonchev–Trinajstić information content (AvgIpc) is 3.07. The topological polar surface area (TPSA) is 83.1 Å². The molecule has 1 amide bonds. The molecular weight excluding hydrogens is 386 g/mol. The van der Waals surface area contributed by atoms with E-state index in [0.717, 1.165) is 11.1 Å². The van der Waals surface area contributed by atoms with Gasteiger partial charge in [0.05, 0.1) is 20.3 Å². The number of nitrogens with one attached hydrogen (secondary N) is 1. The number of carbonyl (C=O) groups is 2. The van der Waals surface area contributed by atoms with E-state index in [1.54, 1.807) is 39.8 Å². The monoisotopic (exact) mass is 413 g/mol. The zero-order valence-corrected chi connectivity index (χ0v) is 18.1. The Kier molecular flexibility index (Phi) is 5.92. The third-order valence-electron chi connectivity index (χ3n) is 4.79. The molecule has 0 saturated heterocycles. The van der Waals surface area contributed by atoms with Gasteiger partial charge in [-0.3, -0.25) is 4.79 Å². The van der Waals surface area contributed by atoms with Crippen molar-refractivity contribution in [1.29, 1.82) is 0 Å². The number of esters is 1. The fraction of sp³-hybridized carbons (Fsp3) is 0.391. The van der Waals surface area contributed by atoms with Crippen molar-refractivity contribution in [3.8, 4) is 28.4 Å². The first-order valence-electron chi connectivity index (χ1n) is 9.74. The Morgan fingerprint density at radius 2 is 1.73 bits per heavy atom. The fourth-order valence-corrected chi connectivity index (χ4v) is 3.28. The van der Waals surface area contributed by atoms with Crippen molar-refractivity contribution >= 4 is 11.9 Å². The molecule has 0 aromatic heterocycles. The van der Waals surface area contributed by atoms with E-state index >= 15 is 0 Å². The van der Waals surface area contributed by atoms with Gasteiger partial charge in [-0.05, 0) is 63.1 Å². The first-order chi connectivity index (χ1) is 14.2. The van der Waals surface area contributed by atoms with Crippen LogP contribution in [-0.4, -0.2) is 37.8 Å². The third kappa shape index (κ3) is 4.06. The van der Waals surface area contributed by atoms with Gasteiger partial charge in [-0.1, -0.05) is 6.07 Å². The second-order valence-electron chi connectivity index (χ2n) is 7.80. The number of carbonyl (C=O) groups excluding carboxylic acids is 2. The summed E-state index contributed by atoms with van der Waals surface area (Å²) >= 11 is 0. The molecule has 1 heterocycles. The van der Waals surface area contributed by atoms with Crippen LogP contribution in [0.3, 0.4) is 0 Å². The van der Waals surface area contributed by atoms with Crippen LogP contribution in [0.15, 0.2) is 30.3 Å². The molecule has 1 aliphatic rings. The normalized spacial score (nSPS) is 13.0. The highest BCUT2D eigenvalue weighted by molar-refractivity contribution is 5.99. The highest BCUT2D eigenvalue weighted by Gasteiger charge is 2.35. The lowest BCUT2D eigenvalue weighted by Crippen LogP contribution is -2.41. The molecule has 160 valence electrons. The molecule has 3 rings (SSSR count). The molecular formula is C23H27NO6. The molecule has 1 aliphatic heterocycles. The lowest BCUT2D eigenvalue weighted by Gasteiger charge is -2.28. The summed E-state index contributed by atoms with van der Waals surface area (Å²) in [4.78, 5) is 24.5. The summed E-state index contributed by atoms with van der Waals surface area (Å²) in [5, 5.41) is 2.81. The number of amides is 1. The summed E-state index contributed by atoms with van der Waals surface area (Å²) in [6, 6.07) is 9.17. The zero-order valence-electron chi connectivity index (χ0n) is 18.1. The van der Waals surface area contributed by atoms with Crippen molar-refractivity contribution in [1.82, 2.24) is 5.32 Å². The fourth-order valence-electron chi connectivity index (χ4n) is 3.28. The Morgan fingerprint density at radius 3 is 2.37 bits per heavy atom. The van der Waals surface area contributed by atoms with Crippen LogP contribution in [0.2, 0.25) is 0 Å². The Morgan fingerprint density at radius 1 is 1.03 bits per heavy atom. The SMILES string of the molecule is COc1ccc(-c2ccc3c(c2)CNC3=O)c(OC(C)(C)C(=O)OC(C)C)c1OC. The second-order valence-corrected chi connectivity index (χ2v) is 7.80. The van der Waals surface area contributed by atoms with Crippen LogP contribution >= 0.6 is 0 Å². The number of benzene rings is 2. The lowest BCUT2D eigenvalue weighted by atomic mass is 9.98. The van der Waals surface area contributed by atoms with Crippen LogP contribution in [0, 0.1) is 0 Å². The summed E-state index contributed by atoms with van der Waals surface area (Å²) in [6.07, 6.45) is -0.270. The number of methoxy groups -OCH3 is 2. The minimum atomic E-state index is -1.27. The summed E-state index contributed by atoms with van der Waals surface area (Å²) in [6.45, 7) is 7.33. The number of hydrogen-bond donors (Lipinski definition) is 1. The van der Waals surface area contributed by atoms with Gasteiger partial charge in [0.25, 0.3) is 5.91 Å². The Hall–Kier alpha value is -3.22. The van der Waals surface area contributed by atoms with E-state index in [2.05, 4.69) is 5.32 Å². The van der Waals surface area contributed by atoms with Gasteiger partial charge in [0.2, 0.25) is 5.75 Å². The molecule has 0 bridgehead atoms. The summed E-state index contributed by atoms with van der Waals surface area (Å²) in [7, 11) is 3.05. The standard InChI is InChI=1S/C23H27NO6/c1-13(2)29-22(26)23(3,4)30-19-16(9-10-18(27-5)20(19)28-6)14-7-8-17-15(11-14)12-24-21(17)25/h7-11,13H,12H2,1-6H3,(H,24,25). The van der Waals surface area contributed by atoms with Crippen molar-refractivity contribution < 1.29 is 28.5 Å². The van der Waals surface area contributed by atoms with Crippen molar-refractivity contribution in [2.24, 2.45) is 0 Å². The quantitative estimate of drug-likeness (QED) is 0.697. The van der Waals surface area contributed by atoms with Crippen LogP contribution in [-0.2, 0) is 16.1 Å². The smallest absolute Gasteiger partial charge is 0.350 e. The minimum absolute atomic E-state index is 0.0853. The van der Waals surface area contributed by atoms with E-state index in [1.807, 2.05) is 18.2 Å². The molecule has 0 aliphatic carbocycles. The third-order valence-corrected chi connectivity index (χ3v) is 4.79. The summed E-state index contributed by atoms with van der Waals surface area (Å²) in [5.74, 6) is 0.632. The van der Waals surface area contributed by atoms with E-state index in [9.17, 15) is 9.59 Å². The van der Waals surface area contributed by atoms with Crippen LogP contribution in [0.25, 0.3) is 11.1 Å². The largest absolute Gasteiger partial charge is 0.493 e. The molecule has 0 spiro atoms. The molecule has 7 heteroatoms. The van der Waals surface area contributed by atoms with Gasteiger partial charge in [-0.2, -0.15) is 0 Å². The van der Waals surface area contributed by atoms with Gasteiger partial charge in [0.15, 0.2) is 17.1 Å². The minimum Gasteiger partial charge on any atom is -0.493 e. The molecule has 0 radical (unpaired) electrons. The maximum Gasteiger partial charge on any atom is 0.350 e. The molecule has 2 aromatic rings.